The highest BCUT2D eigenvalue weighted by Crippen LogP contribution is 2.61. The zero-order valence-corrected chi connectivity index (χ0v) is 12.4. The maximum atomic E-state index is 12.3. The van der Waals surface area contributed by atoms with E-state index in [1.54, 1.807) is 12.1 Å². The monoisotopic (exact) mass is 284 g/mol. The minimum atomic E-state index is -0.248. The Labute approximate surface area is 124 Å². The van der Waals surface area contributed by atoms with Crippen molar-refractivity contribution in [2.45, 2.75) is 44.0 Å². The average molecular weight is 284 g/mol. The number of carbonyl (C=O) groups is 1. The third kappa shape index (κ3) is 1.80. The van der Waals surface area contributed by atoms with Gasteiger partial charge in [-0.15, -0.1) is 0 Å². The van der Waals surface area contributed by atoms with E-state index in [2.05, 4.69) is 26.0 Å². The molecule has 4 rings (SSSR count). The summed E-state index contributed by atoms with van der Waals surface area (Å²) in [6.45, 7) is 4.36. The Morgan fingerprint density at radius 2 is 1.86 bits per heavy atom. The second-order valence-electron chi connectivity index (χ2n) is 6.90. The number of ether oxygens (including phenoxy) is 2. The quantitative estimate of drug-likeness (QED) is 0.617. The van der Waals surface area contributed by atoms with Crippen LogP contribution in [0.25, 0.3) is 0 Å². The van der Waals surface area contributed by atoms with Gasteiger partial charge in [0.25, 0.3) is 0 Å². The van der Waals surface area contributed by atoms with Crippen LogP contribution < -0.4 is 0 Å². The molecule has 0 N–H and O–H groups in total. The van der Waals surface area contributed by atoms with Crippen LogP contribution in [-0.4, -0.2) is 23.3 Å². The van der Waals surface area contributed by atoms with Crippen molar-refractivity contribution in [1.29, 1.82) is 0 Å². The molecule has 0 unspecified atom stereocenters. The summed E-state index contributed by atoms with van der Waals surface area (Å²) in [5.74, 6) is 0.371. The molecule has 5 atom stereocenters. The number of esters is 1. The van der Waals surface area contributed by atoms with Gasteiger partial charge in [-0.1, -0.05) is 24.3 Å². The fraction of sp³-hybridized carbons (Fsp3) is 0.500. The highest BCUT2D eigenvalue weighted by atomic mass is 16.6. The smallest absolute Gasteiger partial charge is 0.338 e. The summed E-state index contributed by atoms with van der Waals surface area (Å²) in [4.78, 5) is 12.3. The predicted molar refractivity (Wildman–Crippen MR) is 78.9 cm³/mol. The van der Waals surface area contributed by atoms with Crippen molar-refractivity contribution in [3.63, 3.8) is 0 Å². The van der Waals surface area contributed by atoms with Crippen molar-refractivity contribution in [3.05, 3.63) is 48.0 Å². The number of benzene rings is 1. The van der Waals surface area contributed by atoms with E-state index < -0.39 is 0 Å². The van der Waals surface area contributed by atoms with Gasteiger partial charge in [-0.2, -0.15) is 0 Å². The molecule has 0 amide bonds. The Morgan fingerprint density at radius 3 is 2.62 bits per heavy atom. The van der Waals surface area contributed by atoms with Crippen molar-refractivity contribution >= 4 is 5.97 Å². The molecule has 1 aromatic carbocycles. The second kappa shape index (κ2) is 4.20. The molecular weight excluding hydrogens is 264 g/mol. The summed E-state index contributed by atoms with van der Waals surface area (Å²) in [5.41, 5.74) is 0.365. The summed E-state index contributed by atoms with van der Waals surface area (Å²) in [5, 5.41) is 0. The molecule has 2 saturated heterocycles. The lowest BCUT2D eigenvalue weighted by Gasteiger charge is -2.34. The fourth-order valence-electron chi connectivity index (χ4n) is 4.46. The summed E-state index contributed by atoms with van der Waals surface area (Å²) >= 11 is 0. The zero-order chi connectivity index (χ0) is 14.7. The SMILES string of the molecule is C[C@]12CC[C@](C)(O1)[C@@H]1[C@@H](OC(=O)c3ccccc3)C=C[C@@H]12. The number of fused-ring (bicyclic) bond motifs is 5. The lowest BCUT2D eigenvalue weighted by molar-refractivity contribution is -0.0551. The predicted octanol–water partition coefficient (Wildman–Crippen LogP) is 3.36. The molecule has 21 heavy (non-hydrogen) atoms. The third-order valence-electron chi connectivity index (χ3n) is 5.50. The molecule has 3 nitrogen and oxygen atoms in total. The summed E-state index contributed by atoms with van der Waals surface area (Å²) in [6, 6.07) is 9.19. The van der Waals surface area contributed by atoms with Crippen LogP contribution in [0.3, 0.4) is 0 Å². The van der Waals surface area contributed by atoms with Gasteiger partial charge in [0, 0.05) is 11.8 Å². The molecule has 3 heteroatoms. The van der Waals surface area contributed by atoms with Gasteiger partial charge in [0.15, 0.2) is 0 Å². The molecule has 2 fully saturated rings. The molecule has 0 spiro atoms. The first-order valence-electron chi connectivity index (χ1n) is 7.66. The Morgan fingerprint density at radius 1 is 1.14 bits per heavy atom. The van der Waals surface area contributed by atoms with E-state index in [0.717, 1.165) is 12.8 Å². The molecule has 3 aliphatic rings. The van der Waals surface area contributed by atoms with Crippen LogP contribution >= 0.6 is 0 Å². The van der Waals surface area contributed by atoms with E-state index >= 15 is 0 Å². The molecule has 0 radical (unpaired) electrons. The van der Waals surface area contributed by atoms with Crippen LogP contribution in [0.2, 0.25) is 0 Å². The first-order valence-corrected chi connectivity index (χ1v) is 7.66. The largest absolute Gasteiger partial charge is 0.454 e. The number of rotatable bonds is 2. The Balaban J connectivity index is 1.56. The molecule has 2 aliphatic heterocycles. The van der Waals surface area contributed by atoms with Crippen molar-refractivity contribution < 1.29 is 14.3 Å². The highest BCUT2D eigenvalue weighted by molar-refractivity contribution is 5.89. The Hall–Kier alpha value is -1.61. The second-order valence-corrected chi connectivity index (χ2v) is 6.90. The Bertz CT molecular complexity index is 608. The topological polar surface area (TPSA) is 35.5 Å². The zero-order valence-electron chi connectivity index (χ0n) is 12.4. The normalized spacial score (nSPS) is 43.0. The first-order chi connectivity index (χ1) is 10.0. The van der Waals surface area contributed by atoms with Crippen LogP contribution in [-0.2, 0) is 9.47 Å². The van der Waals surface area contributed by atoms with Gasteiger partial charge >= 0.3 is 5.97 Å². The van der Waals surface area contributed by atoms with Crippen LogP contribution in [0, 0.1) is 11.8 Å². The lowest BCUT2D eigenvalue weighted by Crippen LogP contribution is -2.42. The Kier molecular flexibility index (Phi) is 2.62. The van der Waals surface area contributed by atoms with Crippen LogP contribution in [0.1, 0.15) is 37.0 Å². The minimum absolute atomic E-state index is 0.0795. The average Bonchev–Trinajstić information content (AvgIpc) is 3.09. The summed E-state index contributed by atoms with van der Waals surface area (Å²) in [6.07, 6.45) is 6.22. The molecule has 2 bridgehead atoms. The third-order valence-corrected chi connectivity index (χ3v) is 5.50. The van der Waals surface area contributed by atoms with Gasteiger partial charge in [-0.05, 0) is 44.9 Å². The molecule has 1 aromatic rings. The molecule has 0 saturated carbocycles. The highest BCUT2D eigenvalue weighted by Gasteiger charge is 2.66. The number of carbonyl (C=O) groups excluding carboxylic acids is 1. The van der Waals surface area contributed by atoms with E-state index in [1.807, 2.05) is 18.2 Å². The molecule has 0 aromatic heterocycles. The van der Waals surface area contributed by atoms with Crippen molar-refractivity contribution in [2.24, 2.45) is 11.8 Å². The van der Waals surface area contributed by atoms with Crippen LogP contribution in [0.15, 0.2) is 42.5 Å². The molecule has 1 aliphatic carbocycles. The number of hydrogen-bond acceptors (Lipinski definition) is 3. The van der Waals surface area contributed by atoms with Gasteiger partial charge in [-0.25, -0.2) is 4.79 Å². The van der Waals surface area contributed by atoms with Gasteiger partial charge in [0.05, 0.1) is 16.8 Å². The molecular formula is C18H20O3. The maximum absolute atomic E-state index is 12.3. The van der Waals surface area contributed by atoms with Gasteiger partial charge in [-0.3, -0.25) is 0 Å². The minimum Gasteiger partial charge on any atom is -0.454 e. The van der Waals surface area contributed by atoms with Gasteiger partial charge in [0.2, 0.25) is 0 Å². The van der Waals surface area contributed by atoms with Crippen LogP contribution in [0.4, 0.5) is 0 Å². The van der Waals surface area contributed by atoms with Crippen molar-refractivity contribution in [1.82, 2.24) is 0 Å². The van der Waals surface area contributed by atoms with Crippen molar-refractivity contribution in [2.75, 3.05) is 0 Å². The molecule has 110 valence electrons. The standard InChI is InChI=1S/C18H20O3/c1-17-10-11-18(2,21-17)15-13(17)8-9-14(15)20-16(19)12-6-4-3-5-7-12/h3-9,13-15H,10-11H2,1-2H3/t13-,14-,15-,17+,18-/m0/s1. The van der Waals surface area contributed by atoms with Gasteiger partial charge < -0.3 is 9.47 Å². The fourth-order valence-corrected chi connectivity index (χ4v) is 4.46. The van der Waals surface area contributed by atoms with E-state index in [0.29, 0.717) is 11.5 Å². The van der Waals surface area contributed by atoms with E-state index in [4.69, 9.17) is 9.47 Å². The van der Waals surface area contributed by atoms with E-state index in [9.17, 15) is 4.79 Å². The summed E-state index contributed by atoms with van der Waals surface area (Å²) < 4.78 is 12.1. The van der Waals surface area contributed by atoms with E-state index in [1.165, 1.54) is 0 Å². The van der Waals surface area contributed by atoms with Gasteiger partial charge in [0.1, 0.15) is 6.10 Å². The summed E-state index contributed by atoms with van der Waals surface area (Å²) in [7, 11) is 0. The maximum Gasteiger partial charge on any atom is 0.338 e. The van der Waals surface area contributed by atoms with Crippen molar-refractivity contribution in [3.8, 4) is 0 Å². The van der Waals surface area contributed by atoms with Crippen LogP contribution in [0.5, 0.6) is 0 Å². The molecule has 2 heterocycles. The van der Waals surface area contributed by atoms with E-state index in [-0.39, 0.29) is 29.2 Å². The lowest BCUT2D eigenvalue weighted by atomic mass is 9.68. The first kappa shape index (κ1) is 13.1. The number of hydrogen-bond donors (Lipinski definition) is 0.